The molecule has 6 heteroatoms. The van der Waals surface area contributed by atoms with Gasteiger partial charge in [0.05, 0.1) is 6.42 Å². The Morgan fingerprint density at radius 2 is 2.00 bits per heavy atom. The fourth-order valence-corrected chi connectivity index (χ4v) is 2.78. The molecule has 1 heterocycles. The van der Waals surface area contributed by atoms with E-state index in [4.69, 9.17) is 5.11 Å². The van der Waals surface area contributed by atoms with E-state index < -0.39 is 5.97 Å². The van der Waals surface area contributed by atoms with Crippen molar-refractivity contribution in [3.8, 4) is 0 Å². The van der Waals surface area contributed by atoms with Gasteiger partial charge in [-0.3, -0.25) is 9.59 Å². The van der Waals surface area contributed by atoms with Crippen LogP contribution in [0.4, 0.5) is 0 Å². The number of aliphatic carboxylic acids is 1. The van der Waals surface area contributed by atoms with Crippen LogP contribution >= 0.6 is 15.9 Å². The first-order valence-corrected chi connectivity index (χ1v) is 8.05. The third-order valence-corrected chi connectivity index (χ3v) is 4.23. The lowest BCUT2D eigenvalue weighted by molar-refractivity contribution is -0.137. The molecule has 2 rings (SSSR count). The van der Waals surface area contributed by atoms with Crippen LogP contribution in [-0.2, 0) is 18.4 Å². The number of amides is 1. The number of halogens is 1. The highest BCUT2D eigenvalue weighted by atomic mass is 79.9. The summed E-state index contributed by atoms with van der Waals surface area (Å²) in [6.07, 6.45) is -0.0802. The molecule has 0 radical (unpaired) electrons. The van der Waals surface area contributed by atoms with Crippen molar-refractivity contribution in [2.45, 2.75) is 19.9 Å². The molecule has 0 aliphatic carbocycles. The quantitative estimate of drug-likeness (QED) is 0.839. The van der Waals surface area contributed by atoms with Crippen molar-refractivity contribution < 1.29 is 14.7 Å². The summed E-state index contributed by atoms with van der Waals surface area (Å²) < 4.78 is 2.74. The monoisotopic (exact) mass is 378 g/mol. The maximum Gasteiger partial charge on any atom is 0.305 e. The average Bonchev–Trinajstić information content (AvgIpc) is 2.82. The molecule has 0 bridgehead atoms. The van der Waals surface area contributed by atoms with Gasteiger partial charge in [0.15, 0.2) is 0 Å². The number of aromatic nitrogens is 1. The predicted molar refractivity (Wildman–Crippen MR) is 91.3 cm³/mol. The first kappa shape index (κ1) is 17.3. The first-order valence-electron chi connectivity index (χ1n) is 7.26. The molecule has 2 aromatic rings. The number of carbonyl (C=O) groups excluding carboxylic acids is 1. The molecule has 5 nitrogen and oxygen atoms in total. The molecule has 0 saturated carbocycles. The number of hydrogen-bond acceptors (Lipinski definition) is 2. The smallest absolute Gasteiger partial charge is 0.305 e. The van der Waals surface area contributed by atoms with Crippen molar-refractivity contribution in [3.63, 3.8) is 0 Å². The molecule has 0 aliphatic rings. The second-order valence-corrected chi connectivity index (χ2v) is 6.34. The third-order valence-electron chi connectivity index (χ3n) is 3.74. The Morgan fingerprint density at radius 3 is 2.57 bits per heavy atom. The van der Waals surface area contributed by atoms with Gasteiger partial charge < -0.3 is 14.6 Å². The van der Waals surface area contributed by atoms with E-state index in [9.17, 15) is 9.59 Å². The molecule has 0 fully saturated rings. The maximum atomic E-state index is 12.8. The van der Waals surface area contributed by atoms with Crippen LogP contribution in [0.3, 0.4) is 0 Å². The van der Waals surface area contributed by atoms with E-state index in [-0.39, 0.29) is 18.9 Å². The van der Waals surface area contributed by atoms with Crippen LogP contribution < -0.4 is 0 Å². The summed E-state index contributed by atoms with van der Waals surface area (Å²) in [4.78, 5) is 25.2. The van der Waals surface area contributed by atoms with Gasteiger partial charge in [0.25, 0.3) is 5.91 Å². The van der Waals surface area contributed by atoms with E-state index in [1.165, 1.54) is 0 Å². The van der Waals surface area contributed by atoms with Gasteiger partial charge >= 0.3 is 5.97 Å². The normalized spacial score (nSPS) is 10.6. The Bertz CT molecular complexity index is 724. The van der Waals surface area contributed by atoms with E-state index in [1.807, 2.05) is 48.9 Å². The topological polar surface area (TPSA) is 62.5 Å². The minimum absolute atomic E-state index is 0.0802. The molecule has 1 aromatic carbocycles. The van der Waals surface area contributed by atoms with Gasteiger partial charge in [-0.1, -0.05) is 28.1 Å². The third kappa shape index (κ3) is 4.45. The van der Waals surface area contributed by atoms with E-state index in [0.717, 1.165) is 15.7 Å². The van der Waals surface area contributed by atoms with Crippen molar-refractivity contribution in [3.05, 3.63) is 57.8 Å². The molecular weight excluding hydrogens is 360 g/mol. The van der Waals surface area contributed by atoms with Crippen LogP contribution in [0.5, 0.6) is 0 Å². The number of carboxylic acid groups (broad SMARTS) is 1. The van der Waals surface area contributed by atoms with Crippen molar-refractivity contribution >= 4 is 27.8 Å². The molecule has 1 aromatic heterocycles. The Morgan fingerprint density at radius 1 is 1.26 bits per heavy atom. The minimum atomic E-state index is -0.917. The molecule has 23 heavy (non-hydrogen) atoms. The molecule has 1 N–H and O–H groups in total. The predicted octanol–water partition coefficient (Wildman–Crippen LogP) is 3.21. The van der Waals surface area contributed by atoms with Gasteiger partial charge in [0, 0.05) is 30.3 Å². The number of carbonyl (C=O) groups is 2. The largest absolute Gasteiger partial charge is 0.481 e. The van der Waals surface area contributed by atoms with Crippen LogP contribution in [-0.4, -0.2) is 33.0 Å². The zero-order valence-electron chi connectivity index (χ0n) is 13.1. The standard InChI is InChI=1S/C17H19BrN2O3/c1-12-6-7-15(19(12)2)17(23)20(9-8-16(21)22)11-13-4-3-5-14(18)10-13/h3-7,10H,8-9,11H2,1-2H3,(H,21,22). The second kappa shape index (κ2) is 7.46. The van der Waals surface area contributed by atoms with Crippen molar-refractivity contribution in [2.24, 2.45) is 7.05 Å². The Hall–Kier alpha value is -2.08. The van der Waals surface area contributed by atoms with Crippen LogP contribution in [0.2, 0.25) is 0 Å². The minimum Gasteiger partial charge on any atom is -0.481 e. The van der Waals surface area contributed by atoms with Crippen LogP contribution in [0.25, 0.3) is 0 Å². The van der Waals surface area contributed by atoms with E-state index in [0.29, 0.717) is 12.2 Å². The lowest BCUT2D eigenvalue weighted by Crippen LogP contribution is -2.33. The molecule has 0 atom stereocenters. The zero-order chi connectivity index (χ0) is 17.0. The Labute approximate surface area is 143 Å². The van der Waals surface area contributed by atoms with Gasteiger partial charge in [-0.05, 0) is 36.8 Å². The molecule has 0 unspecified atom stereocenters. The number of aryl methyl sites for hydroxylation is 1. The van der Waals surface area contributed by atoms with Crippen LogP contribution in [0.1, 0.15) is 28.2 Å². The Balaban J connectivity index is 2.24. The number of benzene rings is 1. The van der Waals surface area contributed by atoms with Crippen molar-refractivity contribution in [1.82, 2.24) is 9.47 Å². The summed E-state index contributed by atoms with van der Waals surface area (Å²) in [5.74, 6) is -1.08. The number of nitrogens with zero attached hydrogens (tertiary/aromatic N) is 2. The highest BCUT2D eigenvalue weighted by molar-refractivity contribution is 9.10. The first-order chi connectivity index (χ1) is 10.9. The van der Waals surface area contributed by atoms with E-state index >= 15 is 0 Å². The molecule has 0 spiro atoms. The average molecular weight is 379 g/mol. The van der Waals surface area contributed by atoms with Crippen molar-refractivity contribution in [1.29, 1.82) is 0 Å². The summed E-state index contributed by atoms with van der Waals surface area (Å²) >= 11 is 3.41. The van der Waals surface area contributed by atoms with Gasteiger partial charge in [-0.2, -0.15) is 0 Å². The molecule has 0 saturated heterocycles. The molecular formula is C17H19BrN2O3. The van der Waals surface area contributed by atoms with Crippen molar-refractivity contribution in [2.75, 3.05) is 6.54 Å². The summed E-state index contributed by atoms with van der Waals surface area (Å²) in [6, 6.07) is 11.3. The summed E-state index contributed by atoms with van der Waals surface area (Å²) in [6.45, 7) is 2.47. The highest BCUT2D eigenvalue weighted by Crippen LogP contribution is 2.16. The number of hydrogen-bond donors (Lipinski definition) is 1. The summed E-state index contributed by atoms with van der Waals surface area (Å²) in [7, 11) is 1.83. The lowest BCUT2D eigenvalue weighted by atomic mass is 10.2. The summed E-state index contributed by atoms with van der Waals surface area (Å²) in [5.41, 5.74) is 2.49. The van der Waals surface area contributed by atoms with Gasteiger partial charge in [-0.15, -0.1) is 0 Å². The SMILES string of the molecule is Cc1ccc(C(=O)N(CCC(=O)O)Cc2cccc(Br)c2)n1C. The second-order valence-electron chi connectivity index (χ2n) is 5.42. The lowest BCUT2D eigenvalue weighted by Gasteiger charge is -2.23. The fourth-order valence-electron chi connectivity index (χ4n) is 2.33. The molecule has 1 amide bonds. The van der Waals surface area contributed by atoms with Crippen LogP contribution in [0.15, 0.2) is 40.9 Å². The number of rotatable bonds is 6. The highest BCUT2D eigenvalue weighted by Gasteiger charge is 2.20. The molecule has 0 aliphatic heterocycles. The van der Waals surface area contributed by atoms with Crippen LogP contribution in [0, 0.1) is 6.92 Å². The number of carboxylic acids is 1. The van der Waals surface area contributed by atoms with E-state index in [1.54, 1.807) is 11.0 Å². The van der Waals surface area contributed by atoms with Gasteiger partial charge in [0.2, 0.25) is 0 Å². The van der Waals surface area contributed by atoms with Gasteiger partial charge in [-0.25, -0.2) is 0 Å². The van der Waals surface area contributed by atoms with Gasteiger partial charge in [0.1, 0.15) is 5.69 Å². The Kier molecular flexibility index (Phi) is 5.60. The fraction of sp³-hybridized carbons (Fsp3) is 0.294. The maximum absolute atomic E-state index is 12.8. The van der Waals surface area contributed by atoms with E-state index in [2.05, 4.69) is 15.9 Å². The molecule has 122 valence electrons. The zero-order valence-corrected chi connectivity index (χ0v) is 14.7. The summed E-state index contributed by atoms with van der Waals surface area (Å²) in [5, 5.41) is 8.93.